The molecule has 1 fully saturated rings. The molecule has 0 saturated heterocycles. The minimum absolute atomic E-state index is 0.265. The minimum Gasteiger partial charge on any atom is -0.374 e. The number of hydrogen-bond donors (Lipinski definition) is 0. The third-order valence-electron chi connectivity index (χ3n) is 3.99. The van der Waals surface area contributed by atoms with Gasteiger partial charge in [-0.05, 0) is 36.0 Å². The lowest BCUT2D eigenvalue weighted by Gasteiger charge is -2.37. The zero-order valence-corrected chi connectivity index (χ0v) is 13.2. The molecule has 3 atom stereocenters. The Balaban J connectivity index is 2.44. The summed E-state index contributed by atoms with van der Waals surface area (Å²) in [6.07, 6.45) is 8.87. The quantitative estimate of drug-likeness (QED) is 0.635. The van der Waals surface area contributed by atoms with Crippen LogP contribution in [0.3, 0.4) is 0 Å². The van der Waals surface area contributed by atoms with E-state index in [4.69, 9.17) is 4.74 Å². The summed E-state index contributed by atoms with van der Waals surface area (Å²) in [5, 5.41) is 0. The molecule has 0 N–H and O–H groups in total. The molecule has 1 aliphatic rings. The predicted octanol–water partition coefficient (Wildman–Crippen LogP) is 5.07. The summed E-state index contributed by atoms with van der Waals surface area (Å²) < 4.78 is 6.14. The number of hydrogen-bond acceptors (Lipinski definition) is 1. The van der Waals surface area contributed by atoms with Gasteiger partial charge < -0.3 is 4.74 Å². The molecule has 106 valence electrons. The van der Waals surface area contributed by atoms with Crippen LogP contribution in [-0.4, -0.2) is 12.7 Å². The second-order valence-corrected chi connectivity index (χ2v) is 7.47. The Bertz CT molecular complexity index is 259. The molecule has 1 nitrogen and oxygen atoms in total. The molecule has 0 aliphatic heterocycles. The largest absolute Gasteiger partial charge is 0.374 e. The van der Waals surface area contributed by atoms with Crippen molar-refractivity contribution in [3.63, 3.8) is 0 Å². The first kappa shape index (κ1) is 15.8. The highest BCUT2D eigenvalue weighted by atomic mass is 16.5. The van der Waals surface area contributed by atoms with Crippen molar-refractivity contribution in [3.8, 4) is 0 Å². The fourth-order valence-corrected chi connectivity index (χ4v) is 2.89. The number of allylic oxidation sites excluding steroid dienone is 1. The highest BCUT2D eigenvalue weighted by Crippen LogP contribution is 2.35. The first-order valence-electron chi connectivity index (χ1n) is 7.59. The van der Waals surface area contributed by atoms with E-state index in [0.29, 0.717) is 6.10 Å². The van der Waals surface area contributed by atoms with Gasteiger partial charge >= 0.3 is 0 Å². The molecule has 0 amide bonds. The molecule has 1 aliphatic carbocycles. The SMILES string of the molecule is CC(C)[C@@H]1CC[C@@H](C)C[C@H]1OC/C=C/C(C)(C)C. The van der Waals surface area contributed by atoms with Gasteiger partial charge in [0.15, 0.2) is 0 Å². The van der Waals surface area contributed by atoms with Crippen LogP contribution in [0.5, 0.6) is 0 Å². The smallest absolute Gasteiger partial charge is 0.0651 e. The highest BCUT2D eigenvalue weighted by molar-refractivity contribution is 4.92. The zero-order valence-electron chi connectivity index (χ0n) is 13.2. The topological polar surface area (TPSA) is 9.23 Å². The third kappa shape index (κ3) is 5.56. The molecule has 0 unspecified atom stereocenters. The summed E-state index contributed by atoms with van der Waals surface area (Å²) in [7, 11) is 0. The third-order valence-corrected chi connectivity index (χ3v) is 3.99. The van der Waals surface area contributed by atoms with Crippen molar-refractivity contribution in [2.24, 2.45) is 23.2 Å². The molecular weight excluding hydrogens is 220 g/mol. The Morgan fingerprint density at radius 2 is 1.89 bits per heavy atom. The fourth-order valence-electron chi connectivity index (χ4n) is 2.89. The lowest BCUT2D eigenvalue weighted by Crippen LogP contribution is -2.34. The van der Waals surface area contributed by atoms with Crippen molar-refractivity contribution in [3.05, 3.63) is 12.2 Å². The predicted molar refractivity (Wildman–Crippen MR) is 79.7 cm³/mol. The fraction of sp³-hybridized carbons (Fsp3) is 0.882. The molecule has 0 aromatic heterocycles. The average molecular weight is 252 g/mol. The molecule has 0 aromatic rings. The second-order valence-electron chi connectivity index (χ2n) is 7.47. The molecule has 1 saturated carbocycles. The first-order valence-corrected chi connectivity index (χ1v) is 7.59. The first-order chi connectivity index (χ1) is 8.29. The molecule has 1 heteroatoms. The van der Waals surface area contributed by atoms with E-state index in [0.717, 1.165) is 24.4 Å². The van der Waals surface area contributed by atoms with E-state index in [-0.39, 0.29) is 5.41 Å². The van der Waals surface area contributed by atoms with Crippen LogP contribution in [0.2, 0.25) is 0 Å². The van der Waals surface area contributed by atoms with Crippen LogP contribution >= 0.6 is 0 Å². The van der Waals surface area contributed by atoms with Crippen molar-refractivity contribution < 1.29 is 4.74 Å². The maximum Gasteiger partial charge on any atom is 0.0651 e. The number of rotatable bonds is 4. The Morgan fingerprint density at radius 3 is 2.44 bits per heavy atom. The van der Waals surface area contributed by atoms with Crippen LogP contribution in [0.1, 0.15) is 60.8 Å². The molecule has 0 spiro atoms. The van der Waals surface area contributed by atoms with E-state index in [2.05, 4.69) is 53.7 Å². The second kappa shape index (κ2) is 6.75. The van der Waals surface area contributed by atoms with Gasteiger partial charge in [0.1, 0.15) is 0 Å². The zero-order chi connectivity index (χ0) is 13.8. The lowest BCUT2D eigenvalue weighted by molar-refractivity contribution is -0.0264. The Labute approximate surface area is 114 Å². The van der Waals surface area contributed by atoms with E-state index in [1.165, 1.54) is 19.3 Å². The van der Waals surface area contributed by atoms with Crippen LogP contribution in [0.15, 0.2) is 12.2 Å². The standard InChI is InChI=1S/C17H32O/c1-13(2)15-9-8-14(3)12-16(15)18-11-7-10-17(4,5)6/h7,10,13-16H,8-9,11-12H2,1-6H3/b10-7+/t14-,15+,16-/m1/s1. The van der Waals surface area contributed by atoms with E-state index in [1.807, 2.05) is 0 Å². The minimum atomic E-state index is 0.265. The molecule has 1 rings (SSSR count). The van der Waals surface area contributed by atoms with Crippen molar-refractivity contribution in [1.82, 2.24) is 0 Å². The van der Waals surface area contributed by atoms with Crippen LogP contribution in [-0.2, 0) is 4.74 Å². The van der Waals surface area contributed by atoms with Gasteiger partial charge in [0.2, 0.25) is 0 Å². The summed E-state index contributed by atoms with van der Waals surface area (Å²) >= 11 is 0. The molecule has 0 heterocycles. The Morgan fingerprint density at radius 1 is 1.22 bits per heavy atom. The van der Waals surface area contributed by atoms with Crippen molar-refractivity contribution in [2.75, 3.05) is 6.61 Å². The van der Waals surface area contributed by atoms with Crippen LogP contribution in [0, 0.1) is 23.2 Å². The van der Waals surface area contributed by atoms with Gasteiger partial charge in [-0.2, -0.15) is 0 Å². The van der Waals surface area contributed by atoms with Crippen LogP contribution < -0.4 is 0 Å². The van der Waals surface area contributed by atoms with Crippen molar-refractivity contribution in [2.45, 2.75) is 66.9 Å². The van der Waals surface area contributed by atoms with Crippen LogP contribution in [0.4, 0.5) is 0 Å². The summed E-state index contributed by atoms with van der Waals surface area (Å²) in [6, 6.07) is 0. The Kier molecular flexibility index (Phi) is 5.91. The van der Waals surface area contributed by atoms with Gasteiger partial charge in [-0.15, -0.1) is 0 Å². The Hall–Kier alpha value is -0.300. The monoisotopic (exact) mass is 252 g/mol. The lowest BCUT2D eigenvalue weighted by atomic mass is 9.75. The van der Waals surface area contributed by atoms with Gasteiger partial charge in [0, 0.05) is 0 Å². The van der Waals surface area contributed by atoms with E-state index in [9.17, 15) is 0 Å². The molecular formula is C17H32O. The van der Waals surface area contributed by atoms with Crippen molar-refractivity contribution >= 4 is 0 Å². The maximum atomic E-state index is 6.14. The van der Waals surface area contributed by atoms with E-state index in [1.54, 1.807) is 0 Å². The van der Waals surface area contributed by atoms with Gasteiger partial charge in [0.05, 0.1) is 12.7 Å². The summed E-state index contributed by atoms with van der Waals surface area (Å²) in [5.41, 5.74) is 0.265. The van der Waals surface area contributed by atoms with Gasteiger partial charge in [-0.3, -0.25) is 0 Å². The van der Waals surface area contributed by atoms with Gasteiger partial charge in [0.25, 0.3) is 0 Å². The highest BCUT2D eigenvalue weighted by Gasteiger charge is 2.30. The van der Waals surface area contributed by atoms with Gasteiger partial charge in [-0.25, -0.2) is 0 Å². The molecule has 0 bridgehead atoms. The van der Waals surface area contributed by atoms with E-state index >= 15 is 0 Å². The van der Waals surface area contributed by atoms with E-state index < -0.39 is 0 Å². The summed E-state index contributed by atoms with van der Waals surface area (Å²) in [6.45, 7) is 14.5. The summed E-state index contributed by atoms with van der Waals surface area (Å²) in [4.78, 5) is 0. The molecule has 18 heavy (non-hydrogen) atoms. The number of ether oxygens (including phenoxy) is 1. The van der Waals surface area contributed by atoms with Crippen molar-refractivity contribution in [1.29, 1.82) is 0 Å². The summed E-state index contributed by atoms with van der Waals surface area (Å²) in [5.74, 6) is 2.33. The molecule has 0 radical (unpaired) electrons. The normalized spacial score (nSPS) is 30.3. The van der Waals surface area contributed by atoms with Crippen LogP contribution in [0.25, 0.3) is 0 Å². The maximum absolute atomic E-state index is 6.14. The molecule has 0 aromatic carbocycles. The van der Waals surface area contributed by atoms with Gasteiger partial charge in [-0.1, -0.05) is 60.1 Å². The average Bonchev–Trinajstić information content (AvgIpc) is 2.22.